The van der Waals surface area contributed by atoms with Gasteiger partial charge in [-0.3, -0.25) is 0 Å². The van der Waals surface area contributed by atoms with Crippen LogP contribution in [0.3, 0.4) is 0 Å². The highest BCUT2D eigenvalue weighted by molar-refractivity contribution is 5.30. The first-order chi connectivity index (χ1) is 8.15. The molecule has 0 aliphatic carbocycles. The van der Waals surface area contributed by atoms with Gasteiger partial charge in [-0.15, -0.1) is 0 Å². The third kappa shape index (κ3) is 3.40. The molecule has 2 heterocycles. The van der Waals surface area contributed by atoms with Crippen molar-refractivity contribution < 1.29 is 0 Å². The zero-order valence-electron chi connectivity index (χ0n) is 11.0. The molecule has 0 amide bonds. The monoisotopic (exact) mass is 234 g/mol. The van der Waals surface area contributed by atoms with Gasteiger partial charge in [-0.05, 0) is 51.8 Å². The van der Waals surface area contributed by atoms with E-state index in [1.807, 2.05) is 19.9 Å². The zero-order chi connectivity index (χ0) is 12.3. The summed E-state index contributed by atoms with van der Waals surface area (Å²) in [6.45, 7) is 7.37. The summed E-state index contributed by atoms with van der Waals surface area (Å²) in [5, 5.41) is 3.45. The third-order valence-corrected chi connectivity index (χ3v) is 3.24. The summed E-state index contributed by atoms with van der Waals surface area (Å²) in [4.78, 5) is 11.2. The van der Waals surface area contributed by atoms with Crippen molar-refractivity contribution in [1.29, 1.82) is 0 Å². The maximum Gasteiger partial charge on any atom is 0.225 e. The van der Waals surface area contributed by atoms with Gasteiger partial charge in [0.2, 0.25) is 5.95 Å². The minimum absolute atomic E-state index is 0.721. The van der Waals surface area contributed by atoms with Crippen molar-refractivity contribution in [3.63, 3.8) is 0 Å². The Labute approximate surface area is 103 Å². The molecule has 1 aromatic rings. The standard InChI is InChI=1S/C13H22N4/c1-10-7-11(2)16-13(15-10)17(3)9-12-5-4-6-14-8-12/h7,12,14H,4-6,8-9H2,1-3H3/t12-/m1/s1. The number of rotatable bonds is 3. The van der Waals surface area contributed by atoms with Gasteiger partial charge in [0, 0.05) is 25.0 Å². The normalized spacial score (nSPS) is 20.3. The number of hydrogen-bond acceptors (Lipinski definition) is 4. The Balaban J connectivity index is 2.00. The predicted molar refractivity (Wildman–Crippen MR) is 70.4 cm³/mol. The van der Waals surface area contributed by atoms with Crippen LogP contribution in [0, 0.1) is 19.8 Å². The lowest BCUT2D eigenvalue weighted by Crippen LogP contribution is -2.37. The topological polar surface area (TPSA) is 41.1 Å². The van der Waals surface area contributed by atoms with Crippen molar-refractivity contribution in [2.75, 3.05) is 31.6 Å². The van der Waals surface area contributed by atoms with E-state index in [0.717, 1.165) is 36.3 Å². The Morgan fingerprint density at radius 1 is 1.35 bits per heavy atom. The van der Waals surface area contributed by atoms with Crippen molar-refractivity contribution in [2.45, 2.75) is 26.7 Å². The van der Waals surface area contributed by atoms with Crippen LogP contribution in [0.4, 0.5) is 5.95 Å². The molecule has 4 heteroatoms. The van der Waals surface area contributed by atoms with Gasteiger partial charge in [0.05, 0.1) is 0 Å². The highest BCUT2D eigenvalue weighted by Crippen LogP contribution is 2.15. The minimum atomic E-state index is 0.721. The molecule has 0 radical (unpaired) electrons. The van der Waals surface area contributed by atoms with Crippen LogP contribution in [0.5, 0.6) is 0 Å². The molecule has 0 saturated carbocycles. The van der Waals surface area contributed by atoms with Gasteiger partial charge in [-0.2, -0.15) is 0 Å². The Hall–Kier alpha value is -1.16. The van der Waals surface area contributed by atoms with Crippen LogP contribution in [-0.2, 0) is 0 Å². The molecule has 0 bridgehead atoms. The summed E-state index contributed by atoms with van der Waals surface area (Å²) in [5.74, 6) is 1.58. The Kier molecular flexibility index (Phi) is 3.94. The van der Waals surface area contributed by atoms with E-state index in [9.17, 15) is 0 Å². The number of nitrogens with one attached hydrogen (secondary N) is 1. The lowest BCUT2D eigenvalue weighted by atomic mass is 9.99. The average molecular weight is 234 g/mol. The van der Waals surface area contributed by atoms with Crippen LogP contribution >= 0.6 is 0 Å². The van der Waals surface area contributed by atoms with Gasteiger partial charge in [0.1, 0.15) is 0 Å². The summed E-state index contributed by atoms with van der Waals surface area (Å²) in [6, 6.07) is 2.01. The highest BCUT2D eigenvalue weighted by Gasteiger charge is 2.16. The number of anilines is 1. The maximum atomic E-state index is 4.49. The smallest absolute Gasteiger partial charge is 0.225 e. The SMILES string of the molecule is Cc1cc(C)nc(N(C)C[C@@H]2CCCNC2)n1. The Morgan fingerprint density at radius 2 is 2.06 bits per heavy atom. The molecular formula is C13H22N4. The number of aromatic nitrogens is 2. The highest BCUT2D eigenvalue weighted by atomic mass is 15.2. The summed E-state index contributed by atoms with van der Waals surface area (Å²) in [6.07, 6.45) is 2.59. The van der Waals surface area contributed by atoms with E-state index < -0.39 is 0 Å². The van der Waals surface area contributed by atoms with Crippen LogP contribution in [0.2, 0.25) is 0 Å². The fourth-order valence-corrected chi connectivity index (χ4v) is 2.43. The Morgan fingerprint density at radius 3 is 2.65 bits per heavy atom. The second-order valence-electron chi connectivity index (χ2n) is 5.04. The van der Waals surface area contributed by atoms with Crippen molar-refractivity contribution >= 4 is 5.95 Å². The molecule has 0 unspecified atom stereocenters. The summed E-state index contributed by atoms with van der Waals surface area (Å²) in [7, 11) is 2.09. The molecule has 0 aromatic carbocycles. The first kappa shape index (κ1) is 12.3. The molecule has 0 spiro atoms. The van der Waals surface area contributed by atoms with Crippen molar-refractivity contribution in [2.24, 2.45) is 5.92 Å². The molecule has 1 aliphatic heterocycles. The lowest BCUT2D eigenvalue weighted by Gasteiger charge is -2.27. The van der Waals surface area contributed by atoms with E-state index in [1.54, 1.807) is 0 Å². The number of hydrogen-bond donors (Lipinski definition) is 1. The van der Waals surface area contributed by atoms with Gasteiger partial charge in [-0.25, -0.2) is 9.97 Å². The van der Waals surface area contributed by atoms with Crippen LogP contribution in [-0.4, -0.2) is 36.6 Å². The molecule has 17 heavy (non-hydrogen) atoms. The third-order valence-electron chi connectivity index (χ3n) is 3.24. The largest absolute Gasteiger partial charge is 0.344 e. The fourth-order valence-electron chi connectivity index (χ4n) is 2.43. The first-order valence-electron chi connectivity index (χ1n) is 6.39. The molecule has 1 aromatic heterocycles. The summed E-state index contributed by atoms with van der Waals surface area (Å²) >= 11 is 0. The van der Waals surface area contributed by atoms with Crippen molar-refractivity contribution in [3.8, 4) is 0 Å². The van der Waals surface area contributed by atoms with E-state index in [1.165, 1.54) is 19.4 Å². The second-order valence-corrected chi connectivity index (χ2v) is 5.04. The molecule has 1 atom stereocenters. The number of piperidine rings is 1. The quantitative estimate of drug-likeness (QED) is 0.861. The van der Waals surface area contributed by atoms with E-state index >= 15 is 0 Å². The fraction of sp³-hybridized carbons (Fsp3) is 0.692. The van der Waals surface area contributed by atoms with Gasteiger partial charge in [0.15, 0.2) is 0 Å². The van der Waals surface area contributed by atoms with Gasteiger partial charge in [0.25, 0.3) is 0 Å². The molecule has 1 N–H and O–H groups in total. The minimum Gasteiger partial charge on any atom is -0.344 e. The van der Waals surface area contributed by atoms with E-state index in [2.05, 4.69) is 27.2 Å². The zero-order valence-corrected chi connectivity index (χ0v) is 11.0. The van der Waals surface area contributed by atoms with Crippen LogP contribution in [0.25, 0.3) is 0 Å². The van der Waals surface area contributed by atoms with Crippen LogP contribution in [0.15, 0.2) is 6.07 Å². The molecule has 1 aliphatic rings. The molecule has 94 valence electrons. The van der Waals surface area contributed by atoms with Gasteiger partial charge < -0.3 is 10.2 Å². The van der Waals surface area contributed by atoms with Crippen LogP contribution < -0.4 is 10.2 Å². The van der Waals surface area contributed by atoms with Crippen molar-refractivity contribution in [1.82, 2.24) is 15.3 Å². The summed E-state index contributed by atoms with van der Waals surface area (Å²) in [5.41, 5.74) is 2.09. The molecule has 2 rings (SSSR count). The molecule has 1 fully saturated rings. The number of aryl methyl sites for hydroxylation is 2. The van der Waals surface area contributed by atoms with Crippen LogP contribution in [0.1, 0.15) is 24.2 Å². The maximum absolute atomic E-state index is 4.49. The molecular weight excluding hydrogens is 212 g/mol. The van der Waals surface area contributed by atoms with E-state index in [4.69, 9.17) is 0 Å². The van der Waals surface area contributed by atoms with Gasteiger partial charge in [-0.1, -0.05) is 0 Å². The summed E-state index contributed by atoms with van der Waals surface area (Å²) < 4.78 is 0. The van der Waals surface area contributed by atoms with E-state index in [0.29, 0.717) is 0 Å². The van der Waals surface area contributed by atoms with E-state index in [-0.39, 0.29) is 0 Å². The number of nitrogens with zero attached hydrogens (tertiary/aromatic N) is 3. The predicted octanol–water partition coefficient (Wildman–Crippen LogP) is 1.53. The molecule has 1 saturated heterocycles. The molecule has 4 nitrogen and oxygen atoms in total. The lowest BCUT2D eigenvalue weighted by molar-refractivity contribution is 0.380. The average Bonchev–Trinajstić information content (AvgIpc) is 2.29. The van der Waals surface area contributed by atoms with Crippen molar-refractivity contribution in [3.05, 3.63) is 17.5 Å². The first-order valence-corrected chi connectivity index (χ1v) is 6.39. The van der Waals surface area contributed by atoms with Gasteiger partial charge >= 0.3 is 0 Å². The second kappa shape index (κ2) is 5.45. The Bertz CT molecular complexity index is 351.